The van der Waals surface area contributed by atoms with E-state index in [1.54, 1.807) is 4.68 Å². The third-order valence-electron chi connectivity index (χ3n) is 4.05. The van der Waals surface area contributed by atoms with Crippen LogP contribution in [0.25, 0.3) is 11.0 Å². The smallest absolute Gasteiger partial charge is 0.223 e. The van der Waals surface area contributed by atoms with Crippen molar-refractivity contribution < 1.29 is 4.52 Å². The molecule has 8 nitrogen and oxygen atoms in total. The molecule has 0 amide bonds. The van der Waals surface area contributed by atoms with Gasteiger partial charge in [0.1, 0.15) is 11.6 Å². The van der Waals surface area contributed by atoms with Crippen LogP contribution in [0.3, 0.4) is 0 Å². The lowest BCUT2D eigenvalue weighted by atomic mass is 10.2. The Labute approximate surface area is 127 Å². The average molecular weight is 299 g/mol. The molecule has 1 fully saturated rings. The molecule has 0 saturated carbocycles. The summed E-state index contributed by atoms with van der Waals surface area (Å²) < 4.78 is 6.91. The molecule has 1 atom stereocenters. The molecule has 0 radical (unpaired) electrons. The van der Waals surface area contributed by atoms with Crippen molar-refractivity contribution in [3.05, 3.63) is 23.7 Å². The van der Waals surface area contributed by atoms with Gasteiger partial charge in [-0.2, -0.15) is 10.1 Å². The number of aryl methyl sites for hydroxylation is 3. The maximum atomic E-state index is 5.14. The van der Waals surface area contributed by atoms with Crippen LogP contribution < -0.4 is 4.90 Å². The number of nitrogens with zero attached hydrogens (tertiary/aromatic N) is 7. The first-order valence-electron chi connectivity index (χ1n) is 7.36. The molecule has 114 valence electrons. The second-order valence-corrected chi connectivity index (χ2v) is 5.62. The highest BCUT2D eigenvalue weighted by Crippen LogP contribution is 2.36. The number of fused-ring (bicyclic) bond motifs is 1. The Balaban J connectivity index is 1.83. The summed E-state index contributed by atoms with van der Waals surface area (Å²) >= 11 is 0. The maximum absolute atomic E-state index is 5.14. The van der Waals surface area contributed by atoms with E-state index >= 15 is 0 Å². The van der Waals surface area contributed by atoms with E-state index in [9.17, 15) is 0 Å². The highest BCUT2D eigenvalue weighted by Gasteiger charge is 2.32. The van der Waals surface area contributed by atoms with Crippen LogP contribution in [-0.2, 0) is 7.05 Å². The molecule has 8 heteroatoms. The van der Waals surface area contributed by atoms with Gasteiger partial charge in [-0.3, -0.25) is 4.68 Å². The SMILES string of the molecule is Cc1nc(N2CCCC2c2noc(C)n2)c2cnn(C)c2n1. The summed E-state index contributed by atoms with van der Waals surface area (Å²) in [5, 5.41) is 9.36. The van der Waals surface area contributed by atoms with E-state index in [1.165, 1.54) is 0 Å². The molecule has 0 N–H and O–H groups in total. The Morgan fingerprint density at radius 1 is 1.23 bits per heavy atom. The Hall–Kier alpha value is -2.51. The zero-order chi connectivity index (χ0) is 15.3. The molecule has 1 unspecified atom stereocenters. The Bertz CT molecular complexity index is 837. The van der Waals surface area contributed by atoms with Gasteiger partial charge >= 0.3 is 0 Å². The zero-order valence-corrected chi connectivity index (χ0v) is 12.8. The molecule has 0 spiro atoms. The van der Waals surface area contributed by atoms with Crippen molar-refractivity contribution in [3.63, 3.8) is 0 Å². The van der Waals surface area contributed by atoms with Crippen LogP contribution in [0.2, 0.25) is 0 Å². The molecule has 22 heavy (non-hydrogen) atoms. The number of aromatic nitrogens is 6. The molecule has 3 aromatic heterocycles. The molecule has 1 saturated heterocycles. The van der Waals surface area contributed by atoms with Crippen LogP contribution in [0, 0.1) is 13.8 Å². The van der Waals surface area contributed by atoms with Gasteiger partial charge in [-0.25, -0.2) is 9.97 Å². The Kier molecular flexibility index (Phi) is 2.85. The molecule has 4 rings (SSSR count). The van der Waals surface area contributed by atoms with Crippen LogP contribution in [0.4, 0.5) is 5.82 Å². The van der Waals surface area contributed by atoms with Gasteiger partial charge in [0.25, 0.3) is 0 Å². The lowest BCUT2D eigenvalue weighted by Gasteiger charge is -2.24. The fraction of sp³-hybridized carbons (Fsp3) is 0.500. The summed E-state index contributed by atoms with van der Waals surface area (Å²) in [6, 6.07) is 0.0927. The normalized spacial score (nSPS) is 18.5. The van der Waals surface area contributed by atoms with Gasteiger partial charge in [-0.1, -0.05) is 5.16 Å². The van der Waals surface area contributed by atoms with E-state index in [4.69, 9.17) is 4.52 Å². The van der Waals surface area contributed by atoms with Crippen molar-refractivity contribution in [1.82, 2.24) is 29.9 Å². The third kappa shape index (κ3) is 1.94. The van der Waals surface area contributed by atoms with Gasteiger partial charge in [0.05, 0.1) is 17.6 Å². The monoisotopic (exact) mass is 299 g/mol. The Morgan fingerprint density at radius 3 is 2.86 bits per heavy atom. The van der Waals surface area contributed by atoms with Gasteiger partial charge in [-0.15, -0.1) is 0 Å². The van der Waals surface area contributed by atoms with Crippen molar-refractivity contribution in [3.8, 4) is 0 Å². The Morgan fingerprint density at radius 2 is 2.09 bits per heavy atom. The number of rotatable bonds is 2. The molecule has 4 heterocycles. The molecule has 0 aromatic carbocycles. The molecule has 0 bridgehead atoms. The first-order valence-corrected chi connectivity index (χ1v) is 7.36. The van der Waals surface area contributed by atoms with E-state index in [1.807, 2.05) is 27.1 Å². The predicted octanol–water partition coefficient (Wildman–Crippen LogP) is 1.70. The van der Waals surface area contributed by atoms with Gasteiger partial charge in [0.15, 0.2) is 11.5 Å². The summed E-state index contributed by atoms with van der Waals surface area (Å²) in [5.74, 6) is 2.96. The van der Waals surface area contributed by atoms with Crippen molar-refractivity contribution in [2.75, 3.05) is 11.4 Å². The first-order chi connectivity index (χ1) is 10.6. The van der Waals surface area contributed by atoms with Gasteiger partial charge in [-0.05, 0) is 19.8 Å². The van der Waals surface area contributed by atoms with E-state index < -0.39 is 0 Å². The van der Waals surface area contributed by atoms with E-state index in [-0.39, 0.29) is 6.04 Å². The summed E-state index contributed by atoms with van der Waals surface area (Å²) in [6.07, 6.45) is 3.88. The molecular weight excluding hydrogens is 282 g/mol. The second-order valence-electron chi connectivity index (χ2n) is 5.62. The molecule has 1 aliphatic heterocycles. The summed E-state index contributed by atoms with van der Waals surface area (Å²) in [7, 11) is 1.89. The standard InChI is InChI=1S/C14H17N7O/c1-8-16-13-10(7-15-20(13)3)14(17-8)21-6-4-5-11(21)12-18-9(2)22-19-12/h7,11H,4-6H2,1-3H3. The third-order valence-corrected chi connectivity index (χ3v) is 4.05. The first kappa shape index (κ1) is 13.2. The number of hydrogen-bond acceptors (Lipinski definition) is 7. The van der Waals surface area contributed by atoms with Crippen LogP contribution >= 0.6 is 0 Å². The number of anilines is 1. The molecular formula is C14H17N7O. The lowest BCUT2D eigenvalue weighted by molar-refractivity contribution is 0.383. The van der Waals surface area contributed by atoms with Gasteiger partial charge in [0, 0.05) is 20.5 Å². The largest absolute Gasteiger partial charge is 0.345 e. The van der Waals surface area contributed by atoms with Crippen LogP contribution in [0.1, 0.15) is 36.4 Å². The van der Waals surface area contributed by atoms with Crippen LogP contribution in [0.15, 0.2) is 10.7 Å². The fourth-order valence-corrected chi connectivity index (χ4v) is 3.07. The zero-order valence-electron chi connectivity index (χ0n) is 12.8. The van der Waals surface area contributed by atoms with Crippen molar-refractivity contribution in [1.29, 1.82) is 0 Å². The summed E-state index contributed by atoms with van der Waals surface area (Å²) in [6.45, 7) is 4.63. The number of hydrogen-bond donors (Lipinski definition) is 0. The maximum Gasteiger partial charge on any atom is 0.223 e. The average Bonchev–Trinajstić information content (AvgIpc) is 3.19. The summed E-state index contributed by atoms with van der Waals surface area (Å²) in [5.41, 5.74) is 0.845. The van der Waals surface area contributed by atoms with Crippen molar-refractivity contribution in [2.45, 2.75) is 32.7 Å². The molecule has 3 aromatic rings. The predicted molar refractivity (Wildman–Crippen MR) is 79.4 cm³/mol. The van der Waals surface area contributed by atoms with E-state index in [2.05, 4.69) is 30.1 Å². The van der Waals surface area contributed by atoms with Gasteiger partial charge in [0.2, 0.25) is 5.89 Å². The lowest BCUT2D eigenvalue weighted by Crippen LogP contribution is -2.25. The van der Waals surface area contributed by atoms with Crippen LogP contribution in [0.5, 0.6) is 0 Å². The topological polar surface area (TPSA) is 85.8 Å². The van der Waals surface area contributed by atoms with Gasteiger partial charge < -0.3 is 9.42 Å². The minimum Gasteiger partial charge on any atom is -0.345 e. The molecule has 1 aliphatic rings. The minimum absolute atomic E-state index is 0.0927. The van der Waals surface area contributed by atoms with E-state index in [0.717, 1.165) is 47.9 Å². The van der Waals surface area contributed by atoms with Crippen molar-refractivity contribution >= 4 is 16.9 Å². The summed E-state index contributed by atoms with van der Waals surface area (Å²) in [4.78, 5) is 15.8. The van der Waals surface area contributed by atoms with Crippen LogP contribution in [-0.4, -0.2) is 36.4 Å². The molecule has 0 aliphatic carbocycles. The minimum atomic E-state index is 0.0927. The second kappa shape index (κ2) is 4.75. The van der Waals surface area contributed by atoms with E-state index in [0.29, 0.717) is 5.89 Å². The highest BCUT2D eigenvalue weighted by atomic mass is 16.5. The fourth-order valence-electron chi connectivity index (χ4n) is 3.07. The highest BCUT2D eigenvalue weighted by molar-refractivity contribution is 5.87. The quantitative estimate of drug-likeness (QED) is 0.712. The van der Waals surface area contributed by atoms with Crippen molar-refractivity contribution in [2.24, 2.45) is 7.05 Å².